The number of aliphatic carboxylic acids is 1. The van der Waals surface area contributed by atoms with Crippen molar-refractivity contribution in [2.75, 3.05) is 23.7 Å². The molecule has 5 aromatic rings. The summed E-state index contributed by atoms with van der Waals surface area (Å²) in [5.74, 6) is 1.11. The molecule has 9 heteroatoms. The van der Waals surface area contributed by atoms with Gasteiger partial charge in [-0.1, -0.05) is 30.3 Å². The van der Waals surface area contributed by atoms with Crippen LogP contribution in [0.4, 0.5) is 11.6 Å². The normalized spacial score (nSPS) is 15.6. The molecule has 1 atom stereocenters. The maximum Gasteiger partial charge on any atom is 0.309 e. The minimum absolute atomic E-state index is 0.0508. The van der Waals surface area contributed by atoms with Gasteiger partial charge >= 0.3 is 5.97 Å². The number of nitrogen functional groups attached to an aromatic ring is 1. The zero-order valence-electron chi connectivity index (χ0n) is 21.8. The molecule has 1 aliphatic rings. The molecule has 0 spiro atoms. The number of carbonyl (C=O) groups is 1. The molecule has 1 fully saturated rings. The van der Waals surface area contributed by atoms with Crippen molar-refractivity contribution >= 4 is 28.8 Å². The van der Waals surface area contributed by atoms with Crippen LogP contribution in [0, 0.1) is 11.3 Å². The molecular formula is C30H29N7O2. The highest BCUT2D eigenvalue weighted by Gasteiger charge is 2.41. The molecule has 0 saturated carbocycles. The van der Waals surface area contributed by atoms with E-state index in [1.807, 2.05) is 71.3 Å². The standard InChI is InChI=1S/C30H29N7O2/c1-30(2,29(38)39)20-14-16-36(18-20)25-13-10-21(17-33-25)37-27(22-9-6-15-32-26(22)31)35-24-12-11-23(34-28(24)37)19-7-4-3-5-8-19/h3-13,15,17,20H,14,16,18H2,1-2H3,(H2,31,32)(H,38,39). The van der Waals surface area contributed by atoms with Crippen LogP contribution in [0.15, 0.2) is 79.1 Å². The minimum atomic E-state index is -0.787. The number of imidazole rings is 1. The van der Waals surface area contributed by atoms with Crippen molar-refractivity contribution in [3.63, 3.8) is 0 Å². The lowest BCUT2D eigenvalue weighted by molar-refractivity contribution is -0.149. The van der Waals surface area contributed by atoms with E-state index < -0.39 is 11.4 Å². The number of rotatable bonds is 6. The molecule has 0 amide bonds. The molecule has 0 radical (unpaired) electrons. The summed E-state index contributed by atoms with van der Waals surface area (Å²) >= 11 is 0. The molecule has 4 aromatic heterocycles. The Morgan fingerprint density at radius 2 is 1.82 bits per heavy atom. The summed E-state index contributed by atoms with van der Waals surface area (Å²) in [4.78, 5) is 32.8. The Bertz CT molecular complexity index is 1660. The first-order chi connectivity index (χ1) is 18.8. The van der Waals surface area contributed by atoms with Crippen LogP contribution in [-0.4, -0.2) is 48.7 Å². The van der Waals surface area contributed by atoms with Crippen molar-refractivity contribution in [3.8, 4) is 28.3 Å². The number of anilines is 2. The second-order valence-corrected chi connectivity index (χ2v) is 10.4. The maximum atomic E-state index is 11.8. The first-order valence-electron chi connectivity index (χ1n) is 12.9. The molecule has 5 heterocycles. The summed E-state index contributed by atoms with van der Waals surface area (Å²) in [6.07, 6.45) is 4.27. The van der Waals surface area contributed by atoms with Crippen molar-refractivity contribution in [1.29, 1.82) is 0 Å². The molecule has 0 aliphatic carbocycles. The second kappa shape index (κ2) is 9.50. The van der Waals surface area contributed by atoms with Crippen LogP contribution in [-0.2, 0) is 4.79 Å². The van der Waals surface area contributed by atoms with Gasteiger partial charge in [-0.05, 0) is 62.6 Å². The van der Waals surface area contributed by atoms with E-state index in [2.05, 4.69) is 9.88 Å². The average molecular weight is 520 g/mol. The zero-order valence-corrected chi connectivity index (χ0v) is 21.8. The fourth-order valence-electron chi connectivity index (χ4n) is 5.19. The van der Waals surface area contributed by atoms with E-state index in [0.29, 0.717) is 29.4 Å². The maximum absolute atomic E-state index is 11.8. The Balaban J connectivity index is 1.42. The van der Waals surface area contributed by atoms with Crippen molar-refractivity contribution < 1.29 is 9.90 Å². The van der Waals surface area contributed by atoms with Gasteiger partial charge in [0.25, 0.3) is 0 Å². The molecule has 1 unspecified atom stereocenters. The summed E-state index contributed by atoms with van der Waals surface area (Å²) in [5, 5.41) is 9.66. The highest BCUT2D eigenvalue weighted by atomic mass is 16.4. The van der Waals surface area contributed by atoms with Gasteiger partial charge < -0.3 is 15.7 Å². The molecule has 1 aromatic carbocycles. The number of benzene rings is 1. The molecule has 3 N–H and O–H groups in total. The van der Waals surface area contributed by atoms with Crippen molar-refractivity contribution in [2.24, 2.45) is 11.3 Å². The van der Waals surface area contributed by atoms with E-state index in [-0.39, 0.29) is 5.92 Å². The number of carboxylic acids is 1. The lowest BCUT2D eigenvalue weighted by Gasteiger charge is -2.27. The molecule has 9 nitrogen and oxygen atoms in total. The van der Waals surface area contributed by atoms with Crippen LogP contribution in [0.2, 0.25) is 0 Å². The van der Waals surface area contributed by atoms with E-state index in [0.717, 1.165) is 41.2 Å². The van der Waals surface area contributed by atoms with E-state index >= 15 is 0 Å². The topological polar surface area (TPSA) is 123 Å². The number of hydrogen-bond acceptors (Lipinski definition) is 7. The number of carboxylic acid groups (broad SMARTS) is 1. The van der Waals surface area contributed by atoms with Crippen LogP contribution in [0.5, 0.6) is 0 Å². The largest absolute Gasteiger partial charge is 0.481 e. The smallest absolute Gasteiger partial charge is 0.309 e. The second-order valence-electron chi connectivity index (χ2n) is 10.4. The number of pyridine rings is 3. The molecule has 196 valence electrons. The number of aromatic nitrogens is 5. The molecule has 1 aliphatic heterocycles. The third-order valence-electron chi connectivity index (χ3n) is 7.73. The van der Waals surface area contributed by atoms with Crippen LogP contribution < -0.4 is 10.6 Å². The van der Waals surface area contributed by atoms with E-state index in [1.54, 1.807) is 26.2 Å². The van der Waals surface area contributed by atoms with Crippen molar-refractivity contribution in [2.45, 2.75) is 20.3 Å². The molecular weight excluding hydrogens is 490 g/mol. The summed E-state index contributed by atoms with van der Waals surface area (Å²) in [7, 11) is 0. The van der Waals surface area contributed by atoms with Gasteiger partial charge in [-0.3, -0.25) is 9.36 Å². The summed E-state index contributed by atoms with van der Waals surface area (Å²) in [5.41, 5.74) is 10.2. The van der Waals surface area contributed by atoms with Gasteiger partial charge in [0.2, 0.25) is 0 Å². The van der Waals surface area contributed by atoms with E-state index in [9.17, 15) is 9.90 Å². The van der Waals surface area contributed by atoms with Crippen LogP contribution in [0.1, 0.15) is 20.3 Å². The van der Waals surface area contributed by atoms with Gasteiger partial charge in [0, 0.05) is 24.8 Å². The van der Waals surface area contributed by atoms with Crippen LogP contribution in [0.3, 0.4) is 0 Å². The predicted molar refractivity (Wildman–Crippen MR) is 151 cm³/mol. The first-order valence-corrected chi connectivity index (χ1v) is 12.9. The average Bonchev–Trinajstić information content (AvgIpc) is 3.60. The Kier molecular flexibility index (Phi) is 5.98. The molecule has 6 rings (SSSR count). The lowest BCUT2D eigenvalue weighted by atomic mass is 9.78. The van der Waals surface area contributed by atoms with Gasteiger partial charge in [0.1, 0.15) is 17.2 Å². The van der Waals surface area contributed by atoms with Crippen LogP contribution >= 0.6 is 0 Å². The fourth-order valence-corrected chi connectivity index (χ4v) is 5.19. The van der Waals surface area contributed by atoms with Gasteiger partial charge in [0.15, 0.2) is 11.5 Å². The summed E-state index contributed by atoms with van der Waals surface area (Å²) in [6.45, 7) is 5.01. The Morgan fingerprint density at radius 3 is 2.54 bits per heavy atom. The first kappa shape index (κ1) is 24.5. The van der Waals surface area contributed by atoms with E-state index in [4.69, 9.17) is 20.7 Å². The van der Waals surface area contributed by atoms with Crippen molar-refractivity contribution in [1.82, 2.24) is 24.5 Å². The molecule has 0 bridgehead atoms. The minimum Gasteiger partial charge on any atom is -0.481 e. The molecule has 39 heavy (non-hydrogen) atoms. The SMILES string of the molecule is CC(C)(C(=O)O)C1CCN(c2ccc(-n3c(-c4cccnc4N)nc4ccc(-c5ccccc5)nc43)cn2)C1. The van der Waals surface area contributed by atoms with Gasteiger partial charge in [-0.25, -0.2) is 19.9 Å². The summed E-state index contributed by atoms with van der Waals surface area (Å²) in [6, 6.07) is 21.6. The monoisotopic (exact) mass is 519 g/mol. The Labute approximate surface area is 226 Å². The molecule has 1 saturated heterocycles. The Hall–Kier alpha value is -4.79. The van der Waals surface area contributed by atoms with Gasteiger partial charge in [-0.15, -0.1) is 0 Å². The number of hydrogen-bond donors (Lipinski definition) is 2. The highest BCUT2D eigenvalue weighted by molar-refractivity contribution is 5.84. The van der Waals surface area contributed by atoms with Crippen LogP contribution in [0.25, 0.3) is 39.5 Å². The number of nitrogens with two attached hydrogens (primary N) is 1. The third kappa shape index (κ3) is 4.35. The third-order valence-corrected chi connectivity index (χ3v) is 7.73. The highest BCUT2D eigenvalue weighted by Crippen LogP contribution is 2.37. The fraction of sp³-hybridized carbons (Fsp3) is 0.233. The van der Waals surface area contributed by atoms with Crippen molar-refractivity contribution in [3.05, 3.63) is 79.1 Å². The van der Waals surface area contributed by atoms with E-state index in [1.165, 1.54) is 0 Å². The van der Waals surface area contributed by atoms with Gasteiger partial charge in [0.05, 0.1) is 28.6 Å². The quantitative estimate of drug-likeness (QED) is 0.319. The number of nitrogens with zero attached hydrogens (tertiary/aromatic N) is 6. The van der Waals surface area contributed by atoms with Gasteiger partial charge in [-0.2, -0.15) is 0 Å². The number of fused-ring (bicyclic) bond motifs is 1. The Morgan fingerprint density at radius 1 is 1.00 bits per heavy atom. The summed E-state index contributed by atoms with van der Waals surface area (Å²) < 4.78 is 1.96. The lowest BCUT2D eigenvalue weighted by Crippen LogP contribution is -2.35. The predicted octanol–water partition coefficient (Wildman–Crippen LogP) is 5.06. The zero-order chi connectivity index (χ0) is 27.1.